The Kier molecular flexibility index (Phi) is 5.75. The van der Waals surface area contributed by atoms with Crippen molar-refractivity contribution in [2.45, 2.75) is 24.8 Å². The van der Waals surface area contributed by atoms with Crippen molar-refractivity contribution in [1.29, 1.82) is 0 Å². The van der Waals surface area contributed by atoms with Gasteiger partial charge in [0.15, 0.2) is 0 Å². The molecule has 7 heteroatoms. The summed E-state index contributed by atoms with van der Waals surface area (Å²) in [7, 11) is 1.36. The van der Waals surface area contributed by atoms with Crippen molar-refractivity contribution in [2.75, 3.05) is 19.0 Å². The van der Waals surface area contributed by atoms with Crippen LogP contribution in [0.25, 0.3) is 0 Å². The number of hydrogen-bond acceptors (Lipinski definition) is 6. The first-order valence-electron chi connectivity index (χ1n) is 10.2. The summed E-state index contributed by atoms with van der Waals surface area (Å²) in [6, 6.07) is 13.0. The van der Waals surface area contributed by atoms with Crippen LogP contribution in [0, 0.1) is 5.92 Å². The standard InChI is InChI=1S/C24H24N2O5/c1-31-24(30)15-7-5-14(6-8-15)22-18-4-2-3-17(18)19-13-16(9-10-20(19)26-22)23(29)25-12-11-21(27)28/h2-3,5-10,13,17-18,22,26H,4,11-12H2,1H3,(H,25,29)(H,27,28)/p-1/t17-,18-,22+/m1/s1. The van der Waals surface area contributed by atoms with Crippen LogP contribution in [0.2, 0.25) is 0 Å². The highest BCUT2D eigenvalue weighted by atomic mass is 16.5. The van der Waals surface area contributed by atoms with Gasteiger partial charge in [0, 0.05) is 36.1 Å². The monoisotopic (exact) mass is 419 g/mol. The van der Waals surface area contributed by atoms with Crippen molar-refractivity contribution >= 4 is 23.5 Å². The molecule has 0 unspecified atom stereocenters. The second-order valence-electron chi connectivity index (χ2n) is 7.77. The summed E-state index contributed by atoms with van der Waals surface area (Å²) >= 11 is 0. The van der Waals surface area contributed by atoms with Crippen molar-refractivity contribution in [3.63, 3.8) is 0 Å². The van der Waals surface area contributed by atoms with E-state index < -0.39 is 5.97 Å². The molecule has 160 valence electrons. The molecule has 1 amide bonds. The number of aliphatic carboxylic acids is 1. The first-order chi connectivity index (χ1) is 15.0. The van der Waals surface area contributed by atoms with E-state index in [1.165, 1.54) is 7.11 Å². The number of rotatable bonds is 6. The van der Waals surface area contributed by atoms with E-state index in [1.54, 1.807) is 18.2 Å². The zero-order valence-electron chi connectivity index (χ0n) is 17.1. The van der Waals surface area contributed by atoms with Gasteiger partial charge in [-0.25, -0.2) is 4.79 Å². The van der Waals surface area contributed by atoms with Crippen LogP contribution in [0.4, 0.5) is 5.69 Å². The van der Waals surface area contributed by atoms with Gasteiger partial charge in [0.1, 0.15) is 0 Å². The lowest BCUT2D eigenvalue weighted by atomic mass is 9.76. The maximum Gasteiger partial charge on any atom is 0.337 e. The second-order valence-corrected chi connectivity index (χ2v) is 7.77. The number of allylic oxidation sites excluding steroid dienone is 2. The van der Waals surface area contributed by atoms with Crippen LogP contribution < -0.4 is 15.7 Å². The Morgan fingerprint density at radius 1 is 1.13 bits per heavy atom. The molecule has 3 atom stereocenters. The molecule has 1 aliphatic carbocycles. The molecule has 31 heavy (non-hydrogen) atoms. The number of ether oxygens (including phenoxy) is 1. The highest BCUT2D eigenvalue weighted by molar-refractivity contribution is 5.95. The number of carbonyl (C=O) groups is 3. The number of carboxylic acids is 1. The van der Waals surface area contributed by atoms with E-state index in [9.17, 15) is 19.5 Å². The highest BCUT2D eigenvalue weighted by Gasteiger charge is 2.38. The Balaban J connectivity index is 1.57. The number of hydrogen-bond donors (Lipinski definition) is 2. The molecule has 2 aromatic rings. The average Bonchev–Trinajstić information content (AvgIpc) is 3.28. The van der Waals surface area contributed by atoms with Gasteiger partial charge in [-0.15, -0.1) is 0 Å². The van der Waals surface area contributed by atoms with Gasteiger partial charge < -0.3 is 25.3 Å². The lowest BCUT2D eigenvalue weighted by molar-refractivity contribution is -0.305. The fourth-order valence-corrected chi connectivity index (χ4v) is 4.39. The Hall–Kier alpha value is -3.61. The van der Waals surface area contributed by atoms with Gasteiger partial charge in [-0.2, -0.15) is 0 Å². The number of carboxylic acid groups (broad SMARTS) is 1. The topological polar surface area (TPSA) is 108 Å². The van der Waals surface area contributed by atoms with Crippen LogP contribution >= 0.6 is 0 Å². The number of fused-ring (bicyclic) bond motifs is 3. The number of esters is 1. The third kappa shape index (κ3) is 4.17. The quantitative estimate of drug-likeness (QED) is 0.549. The lowest BCUT2D eigenvalue weighted by Gasteiger charge is -2.37. The average molecular weight is 419 g/mol. The van der Waals surface area contributed by atoms with E-state index in [2.05, 4.69) is 22.8 Å². The third-order valence-electron chi connectivity index (χ3n) is 5.93. The van der Waals surface area contributed by atoms with Crippen LogP contribution in [-0.4, -0.2) is 31.5 Å². The molecular weight excluding hydrogens is 396 g/mol. The predicted molar refractivity (Wildman–Crippen MR) is 113 cm³/mol. The van der Waals surface area contributed by atoms with E-state index in [1.807, 2.05) is 24.3 Å². The minimum atomic E-state index is -1.19. The maximum absolute atomic E-state index is 12.4. The fourth-order valence-electron chi connectivity index (χ4n) is 4.39. The molecule has 0 saturated heterocycles. The van der Waals surface area contributed by atoms with Gasteiger partial charge in [0.2, 0.25) is 0 Å². The summed E-state index contributed by atoms with van der Waals surface area (Å²) in [4.78, 5) is 34.7. The maximum atomic E-state index is 12.4. The zero-order valence-corrected chi connectivity index (χ0v) is 17.1. The first-order valence-corrected chi connectivity index (χ1v) is 10.2. The summed E-state index contributed by atoms with van der Waals surface area (Å²) < 4.78 is 4.77. The highest BCUT2D eigenvalue weighted by Crippen LogP contribution is 2.49. The lowest BCUT2D eigenvalue weighted by Crippen LogP contribution is -2.32. The van der Waals surface area contributed by atoms with Gasteiger partial charge in [-0.1, -0.05) is 24.3 Å². The molecule has 0 aromatic heterocycles. The van der Waals surface area contributed by atoms with Crippen molar-refractivity contribution in [1.82, 2.24) is 5.32 Å². The Bertz CT molecular complexity index is 1040. The van der Waals surface area contributed by atoms with Crippen LogP contribution in [0.5, 0.6) is 0 Å². The third-order valence-corrected chi connectivity index (χ3v) is 5.93. The summed E-state index contributed by atoms with van der Waals surface area (Å²) in [6.45, 7) is 0.0338. The molecule has 2 aromatic carbocycles. The van der Waals surface area contributed by atoms with Crippen molar-refractivity contribution in [3.8, 4) is 0 Å². The number of amides is 1. The number of benzene rings is 2. The minimum Gasteiger partial charge on any atom is -0.550 e. The molecule has 0 bridgehead atoms. The largest absolute Gasteiger partial charge is 0.550 e. The van der Waals surface area contributed by atoms with E-state index in [0.717, 1.165) is 23.2 Å². The number of methoxy groups -OCH3 is 1. The molecule has 0 radical (unpaired) electrons. The second kappa shape index (κ2) is 8.63. The number of nitrogens with one attached hydrogen (secondary N) is 2. The van der Waals surface area contributed by atoms with Gasteiger partial charge in [0.05, 0.1) is 18.7 Å². The number of carbonyl (C=O) groups excluding carboxylic acids is 3. The molecule has 2 aliphatic rings. The molecule has 2 N–H and O–H groups in total. The first kappa shape index (κ1) is 20.7. The Morgan fingerprint density at radius 2 is 1.87 bits per heavy atom. The van der Waals surface area contributed by atoms with Crippen molar-refractivity contribution in [2.24, 2.45) is 5.92 Å². The molecule has 0 spiro atoms. The normalized spacial score (nSPS) is 20.9. The summed E-state index contributed by atoms with van der Waals surface area (Å²) in [5.74, 6) is -1.41. The van der Waals surface area contributed by atoms with E-state index in [-0.39, 0.29) is 42.7 Å². The summed E-state index contributed by atoms with van der Waals surface area (Å²) in [5, 5.41) is 16.8. The molecule has 1 heterocycles. The van der Waals surface area contributed by atoms with Gasteiger partial charge in [0.25, 0.3) is 5.91 Å². The van der Waals surface area contributed by atoms with Crippen LogP contribution in [0.15, 0.2) is 54.6 Å². The predicted octanol–water partition coefficient (Wildman–Crippen LogP) is 2.17. The summed E-state index contributed by atoms with van der Waals surface area (Å²) in [5.41, 5.74) is 4.10. The molecule has 7 nitrogen and oxygen atoms in total. The van der Waals surface area contributed by atoms with E-state index in [4.69, 9.17) is 4.74 Å². The van der Waals surface area contributed by atoms with E-state index in [0.29, 0.717) is 11.1 Å². The van der Waals surface area contributed by atoms with E-state index >= 15 is 0 Å². The Morgan fingerprint density at radius 3 is 2.58 bits per heavy atom. The van der Waals surface area contributed by atoms with Gasteiger partial charge in [-0.3, -0.25) is 4.79 Å². The van der Waals surface area contributed by atoms with Crippen molar-refractivity contribution < 1.29 is 24.2 Å². The molecule has 0 saturated carbocycles. The fraction of sp³-hybridized carbons (Fsp3) is 0.292. The smallest absolute Gasteiger partial charge is 0.337 e. The van der Waals surface area contributed by atoms with Crippen LogP contribution in [0.1, 0.15) is 56.6 Å². The summed E-state index contributed by atoms with van der Waals surface area (Å²) in [6.07, 6.45) is 5.02. The Labute approximate surface area is 180 Å². The molecule has 0 fully saturated rings. The SMILES string of the molecule is COC(=O)c1ccc([C@@H]2Nc3ccc(C(=O)NCCC(=O)[O-])cc3[C@@H]3C=CC[C@H]32)cc1. The van der Waals surface area contributed by atoms with Gasteiger partial charge in [-0.05, 0) is 53.8 Å². The van der Waals surface area contributed by atoms with Crippen molar-refractivity contribution in [3.05, 3.63) is 76.9 Å². The molecule has 1 aliphatic heterocycles. The van der Waals surface area contributed by atoms with Gasteiger partial charge >= 0.3 is 5.97 Å². The van der Waals surface area contributed by atoms with Crippen LogP contribution in [-0.2, 0) is 9.53 Å². The van der Waals surface area contributed by atoms with Crippen LogP contribution in [0.3, 0.4) is 0 Å². The minimum absolute atomic E-state index is 0.0338. The zero-order chi connectivity index (χ0) is 22.0. The molecular formula is C24H23N2O5-. The molecule has 4 rings (SSSR count). The number of anilines is 1.